The van der Waals surface area contributed by atoms with Crippen LogP contribution in [-0.4, -0.2) is 42.0 Å². The Bertz CT molecular complexity index is 741. The number of halogens is 2. The second kappa shape index (κ2) is 11.7. The van der Waals surface area contributed by atoms with E-state index in [1.165, 1.54) is 17.0 Å². The van der Waals surface area contributed by atoms with Crippen molar-refractivity contribution in [2.45, 2.75) is 45.3 Å². The Hall–Kier alpha value is -1.26. The molecule has 1 saturated heterocycles. The van der Waals surface area contributed by atoms with E-state index in [4.69, 9.17) is 0 Å². The van der Waals surface area contributed by atoms with Gasteiger partial charge in [0, 0.05) is 43.8 Å². The number of nitrogens with one attached hydrogen (secondary N) is 2. The highest BCUT2D eigenvalue weighted by Gasteiger charge is 2.20. The molecular formula is C20H29FIN5S. The fourth-order valence-electron chi connectivity index (χ4n) is 3.22. The van der Waals surface area contributed by atoms with Crippen LogP contribution in [0.4, 0.5) is 4.39 Å². The number of hydrogen-bond donors (Lipinski definition) is 2. The van der Waals surface area contributed by atoms with Crippen LogP contribution in [0, 0.1) is 5.82 Å². The second-order valence-electron chi connectivity index (χ2n) is 6.82. The number of hydrogen-bond acceptors (Lipinski definition) is 4. The van der Waals surface area contributed by atoms with Crippen LogP contribution in [0.2, 0.25) is 0 Å². The van der Waals surface area contributed by atoms with Crippen molar-refractivity contribution in [1.82, 2.24) is 20.5 Å². The van der Waals surface area contributed by atoms with Crippen molar-refractivity contribution in [3.63, 3.8) is 0 Å². The number of thiazole rings is 1. The average molecular weight is 517 g/mol. The predicted octanol–water partition coefficient (Wildman–Crippen LogP) is 3.79. The van der Waals surface area contributed by atoms with Gasteiger partial charge in [0.2, 0.25) is 0 Å². The van der Waals surface area contributed by atoms with Crippen LogP contribution in [0.1, 0.15) is 35.2 Å². The van der Waals surface area contributed by atoms with Crippen molar-refractivity contribution in [3.8, 4) is 0 Å². The zero-order chi connectivity index (χ0) is 19.1. The molecule has 0 amide bonds. The minimum atomic E-state index is -0.177. The van der Waals surface area contributed by atoms with E-state index in [-0.39, 0.29) is 29.8 Å². The number of nitrogens with zero attached hydrogens (tertiary/aromatic N) is 3. The molecule has 0 aliphatic carbocycles. The lowest BCUT2D eigenvalue weighted by atomic mass is 10.0. The maximum absolute atomic E-state index is 13.0. The molecule has 2 N–H and O–H groups in total. The summed E-state index contributed by atoms with van der Waals surface area (Å²) < 4.78 is 13.0. The van der Waals surface area contributed by atoms with Gasteiger partial charge in [-0.05, 0) is 37.0 Å². The smallest absolute Gasteiger partial charge is 0.191 e. The highest BCUT2D eigenvalue weighted by Crippen LogP contribution is 2.15. The van der Waals surface area contributed by atoms with Crippen LogP contribution in [0.15, 0.2) is 35.5 Å². The molecule has 1 aromatic carbocycles. The van der Waals surface area contributed by atoms with Crippen molar-refractivity contribution in [3.05, 3.63) is 51.7 Å². The molecular weight excluding hydrogens is 488 g/mol. The summed E-state index contributed by atoms with van der Waals surface area (Å²) in [6.45, 7) is 5.78. The van der Waals surface area contributed by atoms with Gasteiger partial charge in [-0.1, -0.05) is 19.1 Å². The third-order valence-corrected chi connectivity index (χ3v) is 5.97. The van der Waals surface area contributed by atoms with Crippen molar-refractivity contribution in [2.75, 3.05) is 20.1 Å². The average Bonchev–Trinajstić information content (AvgIpc) is 3.16. The molecule has 28 heavy (non-hydrogen) atoms. The van der Waals surface area contributed by atoms with E-state index in [0.29, 0.717) is 12.6 Å². The molecule has 1 aromatic heterocycles. The van der Waals surface area contributed by atoms with Crippen LogP contribution in [0.25, 0.3) is 0 Å². The highest BCUT2D eigenvalue weighted by atomic mass is 127. The van der Waals surface area contributed by atoms with E-state index < -0.39 is 0 Å². The van der Waals surface area contributed by atoms with Crippen LogP contribution in [0.3, 0.4) is 0 Å². The fraction of sp³-hybridized carbons (Fsp3) is 0.500. The number of aromatic nitrogens is 1. The first-order chi connectivity index (χ1) is 13.2. The van der Waals surface area contributed by atoms with Gasteiger partial charge < -0.3 is 10.6 Å². The second-order valence-corrected chi connectivity index (χ2v) is 8.02. The van der Waals surface area contributed by atoms with Gasteiger partial charge in [-0.15, -0.1) is 35.3 Å². The summed E-state index contributed by atoms with van der Waals surface area (Å²) in [4.78, 5) is 12.5. The number of piperidine rings is 1. The summed E-state index contributed by atoms with van der Waals surface area (Å²) in [5, 5.41) is 7.98. The Morgan fingerprint density at radius 3 is 2.61 bits per heavy atom. The maximum Gasteiger partial charge on any atom is 0.191 e. The summed E-state index contributed by atoms with van der Waals surface area (Å²) in [5.74, 6) is 0.657. The number of aryl methyl sites for hydroxylation is 1. The number of aliphatic imine (C=N–C) groups is 1. The molecule has 3 rings (SSSR count). The zero-order valence-corrected chi connectivity index (χ0v) is 19.6. The molecule has 0 saturated carbocycles. The Balaban J connectivity index is 0.00000280. The normalized spacial score (nSPS) is 15.9. The quantitative estimate of drug-likeness (QED) is 0.348. The summed E-state index contributed by atoms with van der Waals surface area (Å²) in [5.41, 5.74) is 1.16. The van der Waals surface area contributed by atoms with Gasteiger partial charge in [-0.25, -0.2) is 9.37 Å². The lowest BCUT2D eigenvalue weighted by molar-refractivity contribution is 0.198. The molecule has 1 fully saturated rings. The third-order valence-electron chi connectivity index (χ3n) is 4.83. The first kappa shape index (κ1) is 23.0. The topological polar surface area (TPSA) is 52.6 Å². The van der Waals surface area contributed by atoms with Gasteiger partial charge in [-0.2, -0.15) is 0 Å². The monoisotopic (exact) mass is 517 g/mol. The summed E-state index contributed by atoms with van der Waals surface area (Å²) in [7, 11) is 1.80. The van der Waals surface area contributed by atoms with Crippen molar-refractivity contribution in [2.24, 2.45) is 4.99 Å². The van der Waals surface area contributed by atoms with Crippen molar-refractivity contribution in [1.29, 1.82) is 0 Å². The van der Waals surface area contributed by atoms with E-state index in [0.717, 1.165) is 55.4 Å². The molecule has 0 bridgehead atoms. The molecule has 0 radical (unpaired) electrons. The standard InChI is InChI=1S/C20H28FN5S.HI/c1-3-18-12-23-19(27-18)13-24-20(22-2)25-17-8-10-26(11-9-17)14-15-4-6-16(21)7-5-15;/h4-7,12,17H,3,8-11,13-14H2,1-2H3,(H2,22,24,25);1H. The van der Waals surface area contributed by atoms with Crippen LogP contribution in [0.5, 0.6) is 0 Å². The molecule has 2 aromatic rings. The molecule has 8 heteroatoms. The SMILES string of the molecule is CCc1cnc(CNC(=NC)NC2CCN(Cc3ccc(F)cc3)CC2)s1.I. The minimum Gasteiger partial charge on any atom is -0.354 e. The van der Waals surface area contributed by atoms with E-state index in [1.807, 2.05) is 18.3 Å². The Labute approximate surface area is 187 Å². The largest absolute Gasteiger partial charge is 0.354 e. The van der Waals surface area contributed by atoms with Crippen LogP contribution >= 0.6 is 35.3 Å². The first-order valence-corrected chi connectivity index (χ1v) is 10.4. The minimum absolute atomic E-state index is 0. The van der Waals surface area contributed by atoms with Gasteiger partial charge in [0.1, 0.15) is 10.8 Å². The summed E-state index contributed by atoms with van der Waals surface area (Å²) in [6, 6.07) is 7.22. The van der Waals surface area contributed by atoms with Gasteiger partial charge >= 0.3 is 0 Å². The molecule has 5 nitrogen and oxygen atoms in total. The number of guanidine groups is 1. The van der Waals surface area contributed by atoms with E-state index in [9.17, 15) is 4.39 Å². The lowest BCUT2D eigenvalue weighted by Crippen LogP contribution is -2.48. The highest BCUT2D eigenvalue weighted by molar-refractivity contribution is 14.0. The van der Waals surface area contributed by atoms with Gasteiger partial charge in [-0.3, -0.25) is 9.89 Å². The Morgan fingerprint density at radius 1 is 1.29 bits per heavy atom. The Morgan fingerprint density at radius 2 is 2.00 bits per heavy atom. The molecule has 0 atom stereocenters. The van der Waals surface area contributed by atoms with E-state index in [2.05, 4.69) is 32.4 Å². The lowest BCUT2D eigenvalue weighted by Gasteiger charge is -2.33. The molecule has 1 aliphatic heterocycles. The van der Waals surface area contributed by atoms with Crippen molar-refractivity contribution >= 4 is 41.3 Å². The zero-order valence-electron chi connectivity index (χ0n) is 16.4. The van der Waals surface area contributed by atoms with E-state index >= 15 is 0 Å². The van der Waals surface area contributed by atoms with Gasteiger partial charge in [0.05, 0.1) is 6.54 Å². The molecule has 1 aliphatic rings. The number of likely N-dealkylation sites (tertiary alicyclic amines) is 1. The third kappa shape index (κ3) is 6.97. The predicted molar refractivity (Wildman–Crippen MR) is 125 cm³/mol. The molecule has 0 spiro atoms. The number of rotatable bonds is 6. The molecule has 0 unspecified atom stereocenters. The van der Waals surface area contributed by atoms with Crippen molar-refractivity contribution < 1.29 is 4.39 Å². The Kier molecular flexibility index (Phi) is 9.60. The van der Waals surface area contributed by atoms with Gasteiger partial charge in [0.15, 0.2) is 5.96 Å². The van der Waals surface area contributed by atoms with Gasteiger partial charge in [0.25, 0.3) is 0 Å². The summed E-state index contributed by atoms with van der Waals surface area (Å²) >= 11 is 1.75. The van der Waals surface area contributed by atoms with Crippen LogP contribution < -0.4 is 10.6 Å². The summed E-state index contributed by atoms with van der Waals surface area (Å²) in [6.07, 6.45) is 5.12. The molecule has 154 valence electrons. The molecule has 2 heterocycles. The number of benzene rings is 1. The van der Waals surface area contributed by atoms with E-state index in [1.54, 1.807) is 18.4 Å². The van der Waals surface area contributed by atoms with Crippen LogP contribution in [-0.2, 0) is 19.5 Å². The maximum atomic E-state index is 13.0. The first-order valence-electron chi connectivity index (χ1n) is 9.54. The fourth-order valence-corrected chi connectivity index (χ4v) is 4.03.